The third kappa shape index (κ3) is 3.23. The number of aliphatic carboxylic acids is 1. The first kappa shape index (κ1) is 11.5. The summed E-state index contributed by atoms with van der Waals surface area (Å²) in [4.78, 5) is 26.8. The van der Waals surface area contributed by atoms with Crippen LogP contribution in [-0.2, 0) is 14.4 Å². The molecule has 1 aliphatic rings. The smallest absolute Gasteiger partial charge is 0.353 e. The largest absolute Gasteiger partial charge is 0.477 e. The molecule has 2 N–H and O–H groups in total. The number of carbonyl (C=O) groups excluding carboxylic acids is 1. The van der Waals surface area contributed by atoms with Gasteiger partial charge in [0.2, 0.25) is 6.10 Å². The van der Waals surface area contributed by atoms with Gasteiger partial charge in [-0.3, -0.25) is 4.79 Å². The zero-order valence-electron chi connectivity index (χ0n) is 8.90. The van der Waals surface area contributed by atoms with Gasteiger partial charge in [0.25, 0.3) is 5.91 Å². The van der Waals surface area contributed by atoms with E-state index in [1.54, 1.807) is 0 Å². The van der Waals surface area contributed by atoms with Crippen LogP contribution in [0.3, 0.4) is 0 Å². The van der Waals surface area contributed by atoms with E-state index in [0.29, 0.717) is 0 Å². The van der Waals surface area contributed by atoms with Crippen molar-refractivity contribution in [2.45, 2.75) is 38.8 Å². The maximum Gasteiger partial charge on any atom is 0.353 e. The van der Waals surface area contributed by atoms with E-state index in [-0.39, 0.29) is 23.6 Å². The molecule has 1 unspecified atom stereocenters. The van der Waals surface area contributed by atoms with Gasteiger partial charge < -0.3 is 15.3 Å². The quantitative estimate of drug-likeness (QED) is 0.683. The Labute approximate surface area is 87.3 Å². The van der Waals surface area contributed by atoms with Crippen molar-refractivity contribution < 1.29 is 19.5 Å². The lowest BCUT2D eigenvalue weighted by Crippen LogP contribution is -2.46. The molecule has 0 saturated carbocycles. The zero-order valence-corrected chi connectivity index (χ0v) is 8.90. The van der Waals surface area contributed by atoms with Crippen molar-refractivity contribution in [2.75, 3.05) is 0 Å². The van der Waals surface area contributed by atoms with E-state index in [4.69, 9.17) is 9.94 Å². The highest BCUT2D eigenvalue weighted by Crippen LogP contribution is 2.12. The number of nitrogens with zero attached hydrogens (tertiary/aromatic N) is 1. The standard InChI is InChI=1S/C9H14N2O4/c1-9(2,3)10-7(12)6-4-5(8(13)14)11-15-6/h6H,4H2,1-3H3,(H,10,12)(H,13,14). The van der Waals surface area contributed by atoms with Crippen LogP contribution < -0.4 is 5.32 Å². The molecule has 1 atom stereocenters. The third-order valence-corrected chi connectivity index (χ3v) is 1.71. The summed E-state index contributed by atoms with van der Waals surface area (Å²) in [6.07, 6.45) is -0.813. The van der Waals surface area contributed by atoms with Crippen LogP contribution in [0.4, 0.5) is 0 Å². The molecule has 1 amide bonds. The lowest BCUT2D eigenvalue weighted by atomic mass is 10.1. The number of hydrogen-bond donors (Lipinski definition) is 2. The van der Waals surface area contributed by atoms with E-state index >= 15 is 0 Å². The van der Waals surface area contributed by atoms with Gasteiger partial charge >= 0.3 is 5.97 Å². The van der Waals surface area contributed by atoms with Crippen molar-refractivity contribution in [3.8, 4) is 0 Å². The van der Waals surface area contributed by atoms with Gasteiger partial charge in [-0.1, -0.05) is 5.16 Å². The Morgan fingerprint density at radius 2 is 2.13 bits per heavy atom. The summed E-state index contributed by atoms with van der Waals surface area (Å²) < 4.78 is 0. The number of carbonyl (C=O) groups is 2. The summed E-state index contributed by atoms with van der Waals surface area (Å²) in [7, 11) is 0. The minimum absolute atomic E-state index is 0.0112. The zero-order chi connectivity index (χ0) is 11.6. The molecule has 1 rings (SSSR count). The first-order chi connectivity index (χ1) is 6.79. The summed E-state index contributed by atoms with van der Waals surface area (Å²) in [6, 6.07) is 0. The fourth-order valence-electron chi connectivity index (χ4n) is 1.09. The van der Waals surface area contributed by atoms with Crippen molar-refractivity contribution in [3.05, 3.63) is 0 Å². The number of oxime groups is 1. The van der Waals surface area contributed by atoms with Gasteiger partial charge in [-0.2, -0.15) is 0 Å². The number of carboxylic acid groups (broad SMARTS) is 1. The second kappa shape index (κ2) is 3.88. The van der Waals surface area contributed by atoms with Gasteiger partial charge in [-0.15, -0.1) is 0 Å². The van der Waals surface area contributed by atoms with Crippen LogP contribution in [-0.4, -0.2) is 34.3 Å². The first-order valence-electron chi connectivity index (χ1n) is 4.57. The van der Waals surface area contributed by atoms with Crippen molar-refractivity contribution in [1.82, 2.24) is 5.32 Å². The predicted molar refractivity (Wildman–Crippen MR) is 52.5 cm³/mol. The summed E-state index contributed by atoms with van der Waals surface area (Å²) >= 11 is 0. The first-order valence-corrected chi connectivity index (χ1v) is 4.57. The SMILES string of the molecule is CC(C)(C)NC(=O)C1CC(C(=O)O)=NO1. The van der Waals surface area contributed by atoms with E-state index in [2.05, 4.69) is 10.5 Å². The molecule has 0 radical (unpaired) electrons. The molecule has 0 aliphatic carbocycles. The monoisotopic (exact) mass is 214 g/mol. The molecule has 0 spiro atoms. The van der Waals surface area contributed by atoms with Crippen molar-refractivity contribution in [3.63, 3.8) is 0 Å². The highest BCUT2D eigenvalue weighted by atomic mass is 16.6. The number of nitrogens with one attached hydrogen (secondary N) is 1. The van der Waals surface area contributed by atoms with Crippen LogP contribution in [0.25, 0.3) is 0 Å². The van der Waals surface area contributed by atoms with E-state index in [1.165, 1.54) is 0 Å². The van der Waals surface area contributed by atoms with E-state index in [1.807, 2.05) is 20.8 Å². The molecule has 0 aromatic carbocycles. The molecule has 6 heteroatoms. The predicted octanol–water partition coefficient (Wildman–Crippen LogP) is 0.131. The summed E-state index contributed by atoms with van der Waals surface area (Å²) in [5, 5.41) is 14.6. The van der Waals surface area contributed by atoms with Crippen LogP contribution in [0.1, 0.15) is 27.2 Å². The van der Waals surface area contributed by atoms with Crippen LogP contribution >= 0.6 is 0 Å². The summed E-state index contributed by atoms with van der Waals surface area (Å²) in [6.45, 7) is 5.50. The minimum atomic E-state index is -1.15. The number of rotatable bonds is 2. The highest BCUT2D eigenvalue weighted by Gasteiger charge is 2.32. The lowest BCUT2D eigenvalue weighted by Gasteiger charge is -2.21. The highest BCUT2D eigenvalue weighted by molar-refractivity contribution is 6.36. The molecule has 0 fully saturated rings. The topological polar surface area (TPSA) is 88.0 Å². The molecular weight excluding hydrogens is 200 g/mol. The Bertz CT molecular complexity index is 317. The molecule has 0 aromatic rings. The average Bonchev–Trinajstić information content (AvgIpc) is 2.47. The Morgan fingerprint density at radius 3 is 2.53 bits per heavy atom. The van der Waals surface area contributed by atoms with Gasteiger partial charge in [0.05, 0.1) is 0 Å². The number of hydrogen-bond acceptors (Lipinski definition) is 4. The molecule has 0 bridgehead atoms. The average molecular weight is 214 g/mol. The maximum absolute atomic E-state index is 11.5. The summed E-state index contributed by atoms with van der Waals surface area (Å²) in [5.41, 5.74) is -0.490. The van der Waals surface area contributed by atoms with Crippen LogP contribution in [0.15, 0.2) is 5.16 Å². The van der Waals surface area contributed by atoms with E-state index in [0.717, 1.165) is 0 Å². The van der Waals surface area contributed by atoms with Crippen molar-refractivity contribution >= 4 is 17.6 Å². The number of amides is 1. The minimum Gasteiger partial charge on any atom is -0.477 e. The van der Waals surface area contributed by atoms with E-state index < -0.39 is 12.1 Å². The van der Waals surface area contributed by atoms with Gasteiger partial charge in [-0.25, -0.2) is 4.79 Å². The van der Waals surface area contributed by atoms with Crippen molar-refractivity contribution in [1.29, 1.82) is 0 Å². The molecule has 0 aromatic heterocycles. The fourth-order valence-corrected chi connectivity index (χ4v) is 1.09. The van der Waals surface area contributed by atoms with Gasteiger partial charge in [-0.05, 0) is 20.8 Å². The summed E-state index contributed by atoms with van der Waals surface area (Å²) in [5.74, 6) is -1.50. The maximum atomic E-state index is 11.5. The van der Waals surface area contributed by atoms with Gasteiger partial charge in [0.1, 0.15) is 0 Å². The van der Waals surface area contributed by atoms with Crippen LogP contribution in [0, 0.1) is 0 Å². The van der Waals surface area contributed by atoms with Gasteiger partial charge in [0, 0.05) is 12.0 Å². The molecule has 1 aliphatic heterocycles. The van der Waals surface area contributed by atoms with Crippen LogP contribution in [0.2, 0.25) is 0 Å². The molecule has 0 saturated heterocycles. The Morgan fingerprint density at radius 1 is 1.53 bits per heavy atom. The fraction of sp³-hybridized carbons (Fsp3) is 0.667. The Kier molecular flexibility index (Phi) is 2.97. The molecular formula is C9H14N2O4. The van der Waals surface area contributed by atoms with Crippen LogP contribution in [0.5, 0.6) is 0 Å². The van der Waals surface area contributed by atoms with Crippen molar-refractivity contribution in [2.24, 2.45) is 5.16 Å². The molecule has 6 nitrogen and oxygen atoms in total. The second-order valence-corrected chi connectivity index (χ2v) is 4.38. The second-order valence-electron chi connectivity index (χ2n) is 4.38. The number of carboxylic acids is 1. The molecule has 84 valence electrons. The lowest BCUT2D eigenvalue weighted by molar-refractivity contribution is -0.132. The van der Waals surface area contributed by atoms with E-state index in [9.17, 15) is 9.59 Å². The Hall–Kier alpha value is -1.59. The Balaban J connectivity index is 2.50. The third-order valence-electron chi connectivity index (χ3n) is 1.71. The normalized spacial score (nSPS) is 20.5. The molecule has 1 heterocycles. The van der Waals surface area contributed by atoms with Gasteiger partial charge in [0.15, 0.2) is 5.71 Å². The molecule has 15 heavy (non-hydrogen) atoms.